The summed E-state index contributed by atoms with van der Waals surface area (Å²) in [7, 11) is 0. The fraction of sp³-hybridized carbons (Fsp3) is 0.867. The number of carbonyl (C=O) groups excluding carboxylic acids is 1. The number of nitriles is 1. The van der Waals surface area contributed by atoms with Gasteiger partial charge in [0.1, 0.15) is 5.54 Å². The monoisotopic (exact) mass is 295 g/mol. The zero-order chi connectivity index (χ0) is 15.5. The number of rotatable bonds is 4. The summed E-state index contributed by atoms with van der Waals surface area (Å²) in [5.41, 5.74) is -0.814. The van der Waals surface area contributed by atoms with Crippen LogP contribution in [0.2, 0.25) is 0 Å². The predicted molar refractivity (Wildman–Crippen MR) is 77.3 cm³/mol. The second kappa shape index (κ2) is 6.30. The van der Waals surface area contributed by atoms with E-state index in [1.54, 1.807) is 6.92 Å². The van der Waals surface area contributed by atoms with E-state index in [0.29, 0.717) is 19.8 Å². The van der Waals surface area contributed by atoms with Crippen molar-refractivity contribution in [3.8, 4) is 6.07 Å². The maximum absolute atomic E-state index is 12.1. The molecule has 0 aliphatic carbocycles. The molecule has 0 aromatic rings. The molecule has 6 heteroatoms. The first kappa shape index (κ1) is 16.2. The average Bonchev–Trinajstić information content (AvgIpc) is 2.89. The molecule has 2 heterocycles. The number of likely N-dealkylation sites (tertiary alicyclic amines) is 1. The van der Waals surface area contributed by atoms with Gasteiger partial charge in [0.05, 0.1) is 25.8 Å². The van der Waals surface area contributed by atoms with Crippen molar-refractivity contribution >= 4 is 5.91 Å². The molecule has 0 aromatic heterocycles. The minimum Gasteiger partial charge on any atom is -0.347 e. The Hall–Kier alpha value is -1.16. The Labute approximate surface area is 126 Å². The maximum atomic E-state index is 12.1. The molecule has 1 unspecified atom stereocenters. The number of nitrogens with zero attached hydrogens (tertiary/aromatic N) is 2. The molecule has 0 saturated carbocycles. The highest BCUT2D eigenvalue weighted by molar-refractivity contribution is 5.79. The molecule has 1 N–H and O–H groups in total. The highest BCUT2D eigenvalue weighted by Crippen LogP contribution is 2.31. The third-order valence-corrected chi connectivity index (χ3v) is 4.58. The molecule has 2 aliphatic rings. The molecular formula is C15H25N3O3. The van der Waals surface area contributed by atoms with E-state index < -0.39 is 11.3 Å². The standard InChI is InChI=1S/C15H25N3O3/c1-12(2)14(3,11-16)17-13(19)10-18-6-4-15(5-7-18)20-8-9-21-15/h12H,4-10H2,1-3H3,(H,17,19). The Kier molecular flexibility index (Phi) is 4.87. The van der Waals surface area contributed by atoms with Gasteiger partial charge in [-0.25, -0.2) is 0 Å². The van der Waals surface area contributed by atoms with Crippen LogP contribution in [-0.4, -0.2) is 55.0 Å². The van der Waals surface area contributed by atoms with Gasteiger partial charge >= 0.3 is 0 Å². The van der Waals surface area contributed by atoms with Gasteiger partial charge in [0.25, 0.3) is 0 Å². The highest BCUT2D eigenvalue weighted by atomic mass is 16.7. The summed E-state index contributed by atoms with van der Waals surface area (Å²) in [5, 5.41) is 12.1. The largest absolute Gasteiger partial charge is 0.347 e. The van der Waals surface area contributed by atoms with Gasteiger partial charge in [0, 0.05) is 25.9 Å². The van der Waals surface area contributed by atoms with Crippen LogP contribution in [0.15, 0.2) is 0 Å². The van der Waals surface area contributed by atoms with Crippen molar-refractivity contribution in [3.05, 3.63) is 0 Å². The highest BCUT2D eigenvalue weighted by Gasteiger charge is 2.40. The van der Waals surface area contributed by atoms with Crippen molar-refractivity contribution in [3.63, 3.8) is 0 Å². The van der Waals surface area contributed by atoms with E-state index in [-0.39, 0.29) is 11.8 Å². The maximum Gasteiger partial charge on any atom is 0.235 e. The molecule has 0 bridgehead atoms. The molecule has 0 radical (unpaired) electrons. The lowest BCUT2D eigenvalue weighted by Gasteiger charge is -2.37. The van der Waals surface area contributed by atoms with Crippen LogP contribution in [0.3, 0.4) is 0 Å². The summed E-state index contributed by atoms with van der Waals surface area (Å²) in [6.07, 6.45) is 1.58. The first-order valence-electron chi connectivity index (χ1n) is 7.62. The predicted octanol–water partition coefficient (Wildman–Crippen LogP) is 0.880. The molecule has 0 aromatic carbocycles. The van der Waals surface area contributed by atoms with Crippen LogP contribution < -0.4 is 5.32 Å². The molecule has 6 nitrogen and oxygen atoms in total. The first-order chi connectivity index (χ1) is 9.89. The van der Waals surface area contributed by atoms with Crippen LogP contribution >= 0.6 is 0 Å². The van der Waals surface area contributed by atoms with Crippen LogP contribution in [-0.2, 0) is 14.3 Å². The van der Waals surface area contributed by atoms with Crippen LogP contribution in [0.5, 0.6) is 0 Å². The van der Waals surface area contributed by atoms with Gasteiger partial charge in [-0.15, -0.1) is 0 Å². The van der Waals surface area contributed by atoms with E-state index in [1.807, 2.05) is 13.8 Å². The summed E-state index contributed by atoms with van der Waals surface area (Å²) in [6, 6.07) is 2.20. The number of carbonyl (C=O) groups is 1. The van der Waals surface area contributed by atoms with E-state index in [9.17, 15) is 10.1 Å². The molecule has 21 heavy (non-hydrogen) atoms. The van der Waals surface area contributed by atoms with Gasteiger partial charge in [-0.3, -0.25) is 9.69 Å². The Morgan fingerprint density at radius 2 is 1.95 bits per heavy atom. The SMILES string of the molecule is CC(C)C(C)(C#N)NC(=O)CN1CCC2(CC1)OCCO2. The molecule has 1 spiro atoms. The number of ether oxygens (including phenoxy) is 2. The van der Waals surface area contributed by atoms with E-state index in [1.165, 1.54) is 0 Å². The number of hydrogen-bond donors (Lipinski definition) is 1. The fourth-order valence-corrected chi connectivity index (χ4v) is 2.67. The number of amides is 1. The summed E-state index contributed by atoms with van der Waals surface area (Å²) in [6.45, 7) is 8.83. The zero-order valence-electron chi connectivity index (χ0n) is 13.1. The van der Waals surface area contributed by atoms with E-state index in [4.69, 9.17) is 9.47 Å². The summed E-state index contributed by atoms with van der Waals surface area (Å²) < 4.78 is 11.3. The Bertz CT molecular complexity index is 416. The van der Waals surface area contributed by atoms with Crippen LogP contribution in [0, 0.1) is 17.2 Å². The van der Waals surface area contributed by atoms with Gasteiger partial charge in [-0.05, 0) is 12.8 Å². The normalized spacial score (nSPS) is 24.7. The lowest BCUT2D eigenvalue weighted by atomic mass is 9.90. The van der Waals surface area contributed by atoms with Crippen molar-refractivity contribution in [2.45, 2.75) is 44.9 Å². The third-order valence-electron chi connectivity index (χ3n) is 4.58. The van der Waals surface area contributed by atoms with Crippen LogP contribution in [0.1, 0.15) is 33.6 Å². The van der Waals surface area contributed by atoms with Crippen LogP contribution in [0.25, 0.3) is 0 Å². The van der Waals surface area contributed by atoms with E-state index in [2.05, 4.69) is 16.3 Å². The van der Waals surface area contributed by atoms with Gasteiger partial charge < -0.3 is 14.8 Å². The number of hydrogen-bond acceptors (Lipinski definition) is 5. The lowest BCUT2D eigenvalue weighted by Crippen LogP contribution is -2.53. The molecule has 2 fully saturated rings. The first-order valence-corrected chi connectivity index (χ1v) is 7.62. The van der Waals surface area contributed by atoms with Gasteiger partial charge in [-0.1, -0.05) is 13.8 Å². The average molecular weight is 295 g/mol. The second-order valence-electron chi connectivity index (χ2n) is 6.40. The summed E-state index contributed by atoms with van der Waals surface area (Å²) >= 11 is 0. The Morgan fingerprint density at radius 1 is 1.38 bits per heavy atom. The van der Waals surface area contributed by atoms with Crippen molar-refractivity contribution in [1.82, 2.24) is 10.2 Å². The van der Waals surface area contributed by atoms with Gasteiger partial charge in [0.15, 0.2) is 5.79 Å². The third kappa shape index (κ3) is 3.73. The second-order valence-corrected chi connectivity index (χ2v) is 6.40. The summed E-state index contributed by atoms with van der Waals surface area (Å²) in [4.78, 5) is 14.2. The molecule has 1 amide bonds. The topological polar surface area (TPSA) is 74.6 Å². The minimum absolute atomic E-state index is 0.0661. The van der Waals surface area contributed by atoms with Crippen molar-refractivity contribution in [2.75, 3.05) is 32.8 Å². The molecular weight excluding hydrogens is 270 g/mol. The smallest absolute Gasteiger partial charge is 0.235 e. The quantitative estimate of drug-likeness (QED) is 0.833. The fourth-order valence-electron chi connectivity index (χ4n) is 2.67. The van der Waals surface area contributed by atoms with Crippen molar-refractivity contribution in [2.24, 2.45) is 5.92 Å². The molecule has 2 aliphatic heterocycles. The van der Waals surface area contributed by atoms with Crippen LogP contribution in [0.4, 0.5) is 0 Å². The van der Waals surface area contributed by atoms with Gasteiger partial charge in [-0.2, -0.15) is 5.26 Å². The molecule has 118 valence electrons. The van der Waals surface area contributed by atoms with Crippen molar-refractivity contribution < 1.29 is 14.3 Å². The number of piperidine rings is 1. The molecule has 2 rings (SSSR count). The van der Waals surface area contributed by atoms with E-state index >= 15 is 0 Å². The zero-order valence-corrected chi connectivity index (χ0v) is 13.1. The lowest BCUT2D eigenvalue weighted by molar-refractivity contribution is -0.185. The number of nitrogens with one attached hydrogen (secondary N) is 1. The molecule has 2 saturated heterocycles. The van der Waals surface area contributed by atoms with E-state index in [0.717, 1.165) is 25.9 Å². The Balaban J connectivity index is 1.81. The summed E-state index contributed by atoms with van der Waals surface area (Å²) in [5.74, 6) is -0.445. The van der Waals surface area contributed by atoms with Gasteiger partial charge in [0.2, 0.25) is 5.91 Å². The Morgan fingerprint density at radius 3 is 2.43 bits per heavy atom. The van der Waals surface area contributed by atoms with Crippen molar-refractivity contribution in [1.29, 1.82) is 5.26 Å². The molecule has 1 atom stereocenters. The minimum atomic E-state index is -0.814.